The molecule has 1 amide bonds. The maximum absolute atomic E-state index is 12.6. The Kier molecular flexibility index (Phi) is 5.82. The van der Waals surface area contributed by atoms with E-state index in [-0.39, 0.29) is 5.91 Å². The molecule has 3 rings (SSSR count). The fraction of sp³-hybridized carbons (Fsp3) is 0.238. The maximum Gasteiger partial charge on any atom is 0.279 e. The van der Waals surface area contributed by atoms with E-state index in [1.807, 2.05) is 62.7 Å². The van der Waals surface area contributed by atoms with Gasteiger partial charge in [0.1, 0.15) is 5.75 Å². The zero-order chi connectivity index (χ0) is 19.6. The molecule has 3 aromatic rings. The van der Waals surface area contributed by atoms with Gasteiger partial charge in [0.15, 0.2) is 4.80 Å². The van der Waals surface area contributed by atoms with E-state index in [1.165, 1.54) is 11.3 Å². The summed E-state index contributed by atoms with van der Waals surface area (Å²) in [5.41, 5.74) is 3.52. The average molecular weight is 401 g/mol. The zero-order valence-electron chi connectivity index (χ0n) is 15.7. The van der Waals surface area contributed by atoms with Gasteiger partial charge >= 0.3 is 0 Å². The molecule has 27 heavy (non-hydrogen) atoms. The number of rotatable bonds is 4. The normalized spacial score (nSPS) is 11.7. The molecule has 6 heteroatoms. The largest absolute Gasteiger partial charge is 0.494 e. The molecule has 0 atom stereocenters. The van der Waals surface area contributed by atoms with Crippen LogP contribution in [0.5, 0.6) is 5.75 Å². The van der Waals surface area contributed by atoms with Crippen LogP contribution in [0, 0.1) is 13.8 Å². The Morgan fingerprint density at radius 3 is 2.52 bits per heavy atom. The molecule has 0 bridgehead atoms. The summed E-state index contributed by atoms with van der Waals surface area (Å²) in [6.45, 7) is 6.53. The van der Waals surface area contributed by atoms with Crippen molar-refractivity contribution < 1.29 is 9.53 Å². The number of aryl methyl sites for hydroxylation is 2. The van der Waals surface area contributed by atoms with Crippen LogP contribution in [0.4, 0.5) is 0 Å². The number of amides is 1. The van der Waals surface area contributed by atoms with Gasteiger partial charge in [0.2, 0.25) is 0 Å². The molecule has 0 radical (unpaired) electrons. The number of carbonyl (C=O) groups is 1. The third-order valence-corrected chi connectivity index (χ3v) is 5.71. The number of nitrogens with zero attached hydrogens (tertiary/aromatic N) is 2. The van der Waals surface area contributed by atoms with Gasteiger partial charge in [-0.05, 0) is 68.3 Å². The van der Waals surface area contributed by atoms with Crippen molar-refractivity contribution in [3.8, 4) is 17.0 Å². The van der Waals surface area contributed by atoms with E-state index in [2.05, 4.69) is 4.99 Å². The molecule has 0 spiro atoms. The van der Waals surface area contributed by atoms with Crippen molar-refractivity contribution in [2.45, 2.75) is 20.8 Å². The van der Waals surface area contributed by atoms with Crippen LogP contribution in [0.3, 0.4) is 0 Å². The van der Waals surface area contributed by atoms with Crippen LogP contribution in [0.15, 0.2) is 47.5 Å². The lowest BCUT2D eigenvalue weighted by molar-refractivity contribution is 0.0998. The van der Waals surface area contributed by atoms with E-state index in [4.69, 9.17) is 16.3 Å². The quantitative estimate of drug-likeness (QED) is 0.606. The van der Waals surface area contributed by atoms with E-state index in [9.17, 15) is 4.79 Å². The SMILES string of the molecule is CCOc1ccc(-c2c(C)sc(=NC(=O)c3ccc(C)c(Cl)c3)n2C)cc1. The van der Waals surface area contributed by atoms with E-state index in [0.29, 0.717) is 22.0 Å². The Morgan fingerprint density at radius 1 is 1.19 bits per heavy atom. The average Bonchev–Trinajstić information content (AvgIpc) is 2.92. The van der Waals surface area contributed by atoms with Gasteiger partial charge in [-0.25, -0.2) is 0 Å². The van der Waals surface area contributed by atoms with Gasteiger partial charge in [0.25, 0.3) is 5.91 Å². The highest BCUT2D eigenvalue weighted by molar-refractivity contribution is 7.09. The van der Waals surface area contributed by atoms with Gasteiger partial charge in [0.05, 0.1) is 12.3 Å². The van der Waals surface area contributed by atoms with Crippen molar-refractivity contribution in [2.75, 3.05) is 6.61 Å². The van der Waals surface area contributed by atoms with Crippen molar-refractivity contribution in [2.24, 2.45) is 12.0 Å². The van der Waals surface area contributed by atoms with Crippen molar-refractivity contribution in [1.29, 1.82) is 0 Å². The second-order valence-electron chi connectivity index (χ2n) is 6.19. The lowest BCUT2D eigenvalue weighted by Crippen LogP contribution is -2.14. The first-order valence-corrected chi connectivity index (χ1v) is 9.85. The molecule has 1 heterocycles. The molecule has 0 unspecified atom stereocenters. The van der Waals surface area contributed by atoms with Crippen LogP contribution in [0.1, 0.15) is 27.7 Å². The summed E-state index contributed by atoms with van der Waals surface area (Å²) in [5, 5.41) is 0.567. The molecule has 0 fully saturated rings. The molecular weight excluding hydrogens is 380 g/mol. The van der Waals surface area contributed by atoms with E-state index >= 15 is 0 Å². The lowest BCUT2D eigenvalue weighted by atomic mass is 10.1. The highest BCUT2D eigenvalue weighted by Gasteiger charge is 2.12. The number of aromatic nitrogens is 1. The topological polar surface area (TPSA) is 43.6 Å². The number of benzene rings is 2. The van der Waals surface area contributed by atoms with Crippen LogP contribution < -0.4 is 9.54 Å². The smallest absolute Gasteiger partial charge is 0.279 e. The molecular formula is C21H21ClN2O2S. The van der Waals surface area contributed by atoms with Gasteiger partial charge in [0, 0.05) is 22.5 Å². The first kappa shape index (κ1) is 19.4. The fourth-order valence-electron chi connectivity index (χ4n) is 2.83. The monoisotopic (exact) mass is 400 g/mol. The highest BCUT2D eigenvalue weighted by Crippen LogP contribution is 2.26. The molecule has 0 aliphatic heterocycles. The van der Waals surface area contributed by atoms with Crippen LogP contribution in [0.25, 0.3) is 11.3 Å². The second kappa shape index (κ2) is 8.11. The zero-order valence-corrected chi connectivity index (χ0v) is 17.3. The number of thiazole rings is 1. The van der Waals surface area contributed by atoms with Crippen molar-refractivity contribution in [1.82, 2.24) is 4.57 Å². The summed E-state index contributed by atoms with van der Waals surface area (Å²) in [5.74, 6) is 0.542. The molecule has 0 aliphatic carbocycles. The molecule has 4 nitrogen and oxygen atoms in total. The van der Waals surface area contributed by atoms with Gasteiger partial charge in [-0.1, -0.05) is 17.7 Å². The first-order chi connectivity index (χ1) is 12.9. The molecule has 140 valence electrons. The molecule has 1 aromatic heterocycles. The third kappa shape index (κ3) is 4.15. The van der Waals surface area contributed by atoms with Gasteiger partial charge in [-0.3, -0.25) is 4.79 Å². The van der Waals surface area contributed by atoms with Gasteiger partial charge in [-0.2, -0.15) is 4.99 Å². The standard InChI is InChI=1S/C21H21ClN2O2S/c1-5-26-17-10-8-15(9-11-17)19-14(3)27-21(24(19)4)23-20(25)16-7-6-13(2)18(22)12-16/h6-12H,5H2,1-4H3. The molecule has 0 saturated carbocycles. The van der Waals surface area contributed by atoms with Crippen LogP contribution in [-0.2, 0) is 7.05 Å². The second-order valence-corrected chi connectivity index (χ2v) is 7.78. The summed E-state index contributed by atoms with van der Waals surface area (Å²) in [6, 6.07) is 13.2. The summed E-state index contributed by atoms with van der Waals surface area (Å²) >= 11 is 7.62. The Morgan fingerprint density at radius 2 is 1.89 bits per heavy atom. The molecule has 0 N–H and O–H groups in total. The molecule has 2 aromatic carbocycles. The minimum absolute atomic E-state index is 0.299. The Balaban J connectivity index is 1.98. The van der Waals surface area contributed by atoms with Crippen molar-refractivity contribution >= 4 is 28.8 Å². The number of carbonyl (C=O) groups excluding carboxylic acids is 1. The summed E-state index contributed by atoms with van der Waals surface area (Å²) in [7, 11) is 1.92. The number of halogens is 1. The van der Waals surface area contributed by atoms with Crippen LogP contribution >= 0.6 is 22.9 Å². The maximum atomic E-state index is 12.6. The van der Waals surface area contributed by atoms with Crippen molar-refractivity contribution in [3.05, 3.63) is 68.3 Å². The van der Waals surface area contributed by atoms with Crippen molar-refractivity contribution in [3.63, 3.8) is 0 Å². The Labute approximate surface area is 167 Å². The summed E-state index contributed by atoms with van der Waals surface area (Å²) in [6.07, 6.45) is 0. The lowest BCUT2D eigenvalue weighted by Gasteiger charge is -2.07. The Hall–Kier alpha value is -2.37. The minimum Gasteiger partial charge on any atom is -0.494 e. The van der Waals surface area contributed by atoms with Crippen LogP contribution in [0.2, 0.25) is 5.02 Å². The summed E-state index contributed by atoms with van der Waals surface area (Å²) in [4.78, 5) is 18.6. The summed E-state index contributed by atoms with van der Waals surface area (Å²) < 4.78 is 7.45. The van der Waals surface area contributed by atoms with Gasteiger partial charge in [-0.15, -0.1) is 11.3 Å². The van der Waals surface area contributed by atoms with Crippen LogP contribution in [-0.4, -0.2) is 17.1 Å². The van der Waals surface area contributed by atoms with E-state index in [0.717, 1.165) is 27.4 Å². The van der Waals surface area contributed by atoms with E-state index in [1.54, 1.807) is 12.1 Å². The number of hydrogen-bond donors (Lipinski definition) is 0. The molecule has 0 saturated heterocycles. The first-order valence-electron chi connectivity index (χ1n) is 8.65. The number of ether oxygens (including phenoxy) is 1. The Bertz CT molecular complexity index is 1050. The molecule has 0 aliphatic rings. The fourth-order valence-corrected chi connectivity index (χ4v) is 4.00. The van der Waals surface area contributed by atoms with E-state index < -0.39 is 0 Å². The third-order valence-electron chi connectivity index (χ3n) is 4.25. The number of hydrogen-bond acceptors (Lipinski definition) is 3. The predicted molar refractivity (Wildman–Crippen MR) is 111 cm³/mol. The minimum atomic E-state index is -0.299. The highest BCUT2D eigenvalue weighted by atomic mass is 35.5. The van der Waals surface area contributed by atoms with Gasteiger partial charge < -0.3 is 9.30 Å². The predicted octanol–water partition coefficient (Wildman–Crippen LogP) is 5.16.